The highest BCUT2D eigenvalue weighted by Gasteiger charge is 2.40. The fraction of sp³-hybridized carbons (Fsp3) is 0.100. The van der Waals surface area contributed by atoms with Crippen molar-refractivity contribution in [3.63, 3.8) is 0 Å². The zero-order chi connectivity index (χ0) is 11.1. The molecule has 0 amide bonds. The third-order valence-electron chi connectivity index (χ3n) is 2.00. The number of nitrogens with zero attached hydrogens (tertiary/aromatic N) is 1. The molecule has 0 saturated carbocycles. The van der Waals surface area contributed by atoms with Crippen LogP contribution in [0, 0.1) is 6.07 Å². The molecule has 0 spiro atoms. The second-order valence-electron chi connectivity index (χ2n) is 2.97. The fourth-order valence-corrected chi connectivity index (χ4v) is 1.34. The Hall–Kier alpha value is -1.78. The monoisotopic (exact) mass is 212 g/mol. The van der Waals surface area contributed by atoms with Crippen molar-refractivity contribution in [3.05, 3.63) is 36.5 Å². The first-order chi connectivity index (χ1) is 7.00. The molecule has 1 aromatic heterocycles. The highest BCUT2D eigenvalue weighted by molar-refractivity contribution is 5.94. The van der Waals surface area contributed by atoms with E-state index >= 15 is 0 Å². The highest BCUT2D eigenvalue weighted by Crippen LogP contribution is 2.22. The maximum atomic E-state index is 12.2. The minimum absolute atomic E-state index is 0.232. The maximum absolute atomic E-state index is 12.2. The van der Waals surface area contributed by atoms with E-state index < -0.39 is 12.1 Å². The number of rotatable bonds is 0. The van der Waals surface area contributed by atoms with Crippen molar-refractivity contribution in [2.24, 2.45) is 0 Å². The van der Waals surface area contributed by atoms with Crippen molar-refractivity contribution >= 4 is 16.8 Å². The van der Waals surface area contributed by atoms with E-state index in [1.54, 1.807) is 0 Å². The lowest BCUT2D eigenvalue weighted by Crippen LogP contribution is -2.28. The van der Waals surface area contributed by atoms with Gasteiger partial charge in [-0.1, -0.05) is 6.07 Å². The first-order valence-corrected chi connectivity index (χ1v) is 4.09. The van der Waals surface area contributed by atoms with Gasteiger partial charge >= 0.3 is 12.1 Å². The summed E-state index contributed by atoms with van der Waals surface area (Å²) < 4.78 is 37.1. The summed E-state index contributed by atoms with van der Waals surface area (Å²) in [5, 5.41) is 0.551. The molecule has 0 N–H and O–H groups in total. The Morgan fingerprint density at radius 3 is 2.73 bits per heavy atom. The van der Waals surface area contributed by atoms with Crippen molar-refractivity contribution < 1.29 is 18.0 Å². The number of carbonyl (C=O) groups is 1. The number of benzene rings is 1. The minimum Gasteiger partial charge on any atom is -0.279 e. The van der Waals surface area contributed by atoms with Gasteiger partial charge in [0.05, 0.1) is 5.52 Å². The van der Waals surface area contributed by atoms with Gasteiger partial charge in [-0.25, -0.2) is 0 Å². The molecule has 1 radical (unpaired) electrons. The molecule has 0 fully saturated rings. The largest absolute Gasteiger partial charge is 0.472 e. The topological polar surface area (TPSA) is 22.0 Å². The van der Waals surface area contributed by atoms with Crippen molar-refractivity contribution in [1.82, 2.24) is 4.57 Å². The molecule has 2 aromatic rings. The Morgan fingerprint density at radius 2 is 2.07 bits per heavy atom. The van der Waals surface area contributed by atoms with E-state index in [1.807, 2.05) is 0 Å². The molecule has 0 bridgehead atoms. The summed E-state index contributed by atoms with van der Waals surface area (Å²) in [5.74, 6) is -1.89. The maximum Gasteiger partial charge on any atom is 0.472 e. The van der Waals surface area contributed by atoms with E-state index in [-0.39, 0.29) is 5.52 Å². The lowest BCUT2D eigenvalue weighted by Gasteiger charge is -2.06. The molecule has 77 valence electrons. The summed E-state index contributed by atoms with van der Waals surface area (Å²) in [6.07, 6.45) is -3.75. The minimum atomic E-state index is -4.86. The zero-order valence-corrected chi connectivity index (χ0v) is 7.38. The van der Waals surface area contributed by atoms with Crippen molar-refractivity contribution in [1.29, 1.82) is 0 Å². The van der Waals surface area contributed by atoms with E-state index in [0.717, 1.165) is 6.20 Å². The van der Waals surface area contributed by atoms with Crippen molar-refractivity contribution in [2.45, 2.75) is 6.18 Å². The number of alkyl halides is 3. The van der Waals surface area contributed by atoms with Crippen molar-refractivity contribution in [3.8, 4) is 0 Å². The summed E-state index contributed by atoms with van der Waals surface area (Å²) >= 11 is 0. The molecule has 15 heavy (non-hydrogen) atoms. The molecule has 0 atom stereocenters. The molecular formula is C10H5F3NO. The Labute approximate surface area is 82.9 Å². The van der Waals surface area contributed by atoms with Gasteiger partial charge in [0.1, 0.15) is 0 Å². The van der Waals surface area contributed by atoms with Gasteiger partial charge in [0.2, 0.25) is 0 Å². The van der Waals surface area contributed by atoms with Crippen LogP contribution < -0.4 is 0 Å². The van der Waals surface area contributed by atoms with Crippen LogP contribution >= 0.6 is 0 Å². The quantitative estimate of drug-likeness (QED) is 0.658. The Morgan fingerprint density at radius 1 is 1.33 bits per heavy atom. The second-order valence-corrected chi connectivity index (χ2v) is 2.97. The predicted molar refractivity (Wildman–Crippen MR) is 47.5 cm³/mol. The number of fused-ring (bicyclic) bond motifs is 1. The van der Waals surface area contributed by atoms with Gasteiger partial charge in [-0.05, 0) is 24.3 Å². The summed E-state index contributed by atoms with van der Waals surface area (Å²) in [7, 11) is 0. The highest BCUT2D eigenvalue weighted by atomic mass is 19.4. The average molecular weight is 212 g/mol. The van der Waals surface area contributed by atoms with Gasteiger partial charge in [0.25, 0.3) is 0 Å². The Balaban J connectivity index is 2.58. The predicted octanol–water partition coefficient (Wildman–Crippen LogP) is 2.64. The third kappa shape index (κ3) is 1.60. The lowest BCUT2D eigenvalue weighted by molar-refractivity contribution is -0.0942. The molecule has 5 heteroatoms. The normalized spacial score (nSPS) is 11.9. The fourth-order valence-electron chi connectivity index (χ4n) is 1.34. The van der Waals surface area contributed by atoms with Gasteiger partial charge in [-0.3, -0.25) is 9.36 Å². The molecule has 1 aromatic carbocycles. The van der Waals surface area contributed by atoms with Crippen LogP contribution in [-0.4, -0.2) is 16.7 Å². The van der Waals surface area contributed by atoms with Gasteiger partial charge in [-0.2, -0.15) is 13.2 Å². The van der Waals surface area contributed by atoms with E-state index in [2.05, 4.69) is 6.07 Å². The van der Waals surface area contributed by atoms with Crippen LogP contribution in [0.3, 0.4) is 0 Å². The molecule has 2 rings (SSSR count). The Bertz CT molecular complexity index is 513. The summed E-state index contributed by atoms with van der Waals surface area (Å²) in [6, 6.07) is 8.56. The molecule has 1 heterocycles. The number of hydrogen-bond donors (Lipinski definition) is 0. The SMILES string of the molecule is O=C(n1ccc2c[c]ccc21)C(F)(F)F. The average Bonchev–Trinajstić information content (AvgIpc) is 2.58. The molecule has 0 unspecified atom stereocenters. The van der Waals surface area contributed by atoms with Crippen LogP contribution in [0.15, 0.2) is 30.5 Å². The molecular weight excluding hydrogens is 207 g/mol. The van der Waals surface area contributed by atoms with Crippen LogP contribution in [0.2, 0.25) is 0 Å². The van der Waals surface area contributed by atoms with E-state index in [0.29, 0.717) is 9.95 Å². The molecule has 0 saturated heterocycles. The van der Waals surface area contributed by atoms with Crippen LogP contribution in [0.1, 0.15) is 4.79 Å². The summed E-state index contributed by atoms with van der Waals surface area (Å²) in [5.41, 5.74) is 0.232. The van der Waals surface area contributed by atoms with Crippen LogP contribution in [0.4, 0.5) is 13.2 Å². The number of halogens is 3. The van der Waals surface area contributed by atoms with E-state index in [9.17, 15) is 18.0 Å². The summed E-state index contributed by atoms with van der Waals surface area (Å²) in [4.78, 5) is 11.0. The number of hydrogen-bond acceptors (Lipinski definition) is 1. The summed E-state index contributed by atoms with van der Waals surface area (Å²) in [6.45, 7) is 0. The van der Waals surface area contributed by atoms with Gasteiger partial charge < -0.3 is 0 Å². The molecule has 0 aliphatic carbocycles. The van der Waals surface area contributed by atoms with Gasteiger partial charge in [0, 0.05) is 11.6 Å². The number of aromatic nitrogens is 1. The third-order valence-corrected chi connectivity index (χ3v) is 2.00. The van der Waals surface area contributed by atoms with Crippen molar-refractivity contribution in [2.75, 3.05) is 0 Å². The van der Waals surface area contributed by atoms with Gasteiger partial charge in [-0.15, -0.1) is 0 Å². The first kappa shape index (κ1) is 9.76. The molecule has 0 aliphatic rings. The smallest absolute Gasteiger partial charge is 0.279 e. The van der Waals surface area contributed by atoms with Crippen LogP contribution in [0.5, 0.6) is 0 Å². The first-order valence-electron chi connectivity index (χ1n) is 4.09. The molecule has 2 nitrogen and oxygen atoms in total. The van der Waals surface area contributed by atoms with E-state index in [1.165, 1.54) is 24.3 Å². The van der Waals surface area contributed by atoms with E-state index in [4.69, 9.17) is 0 Å². The number of carbonyl (C=O) groups excluding carboxylic acids is 1. The van der Waals surface area contributed by atoms with Gasteiger partial charge in [0.15, 0.2) is 0 Å². The Kier molecular flexibility index (Phi) is 2.03. The zero-order valence-electron chi connectivity index (χ0n) is 7.38. The van der Waals surface area contributed by atoms with Crippen LogP contribution in [0.25, 0.3) is 10.9 Å². The van der Waals surface area contributed by atoms with Crippen LogP contribution in [-0.2, 0) is 0 Å². The standard InChI is InChI=1S/C10H5F3NO/c11-10(12,13)9(15)14-6-5-7-3-1-2-4-8(7)14/h2-6H. The second kappa shape index (κ2) is 3.12. The molecule has 0 aliphatic heterocycles. The lowest BCUT2D eigenvalue weighted by atomic mass is 10.2.